The van der Waals surface area contributed by atoms with Crippen molar-refractivity contribution in [2.24, 2.45) is 11.8 Å². The topological polar surface area (TPSA) is 43.4 Å². The van der Waals surface area contributed by atoms with Crippen molar-refractivity contribution in [3.63, 3.8) is 0 Å². The summed E-state index contributed by atoms with van der Waals surface area (Å²) < 4.78 is 5.88. The molecule has 2 aliphatic heterocycles. The Morgan fingerprint density at radius 2 is 2.19 bits per heavy atom. The van der Waals surface area contributed by atoms with Gasteiger partial charge in [0.2, 0.25) is 0 Å². The van der Waals surface area contributed by atoms with Gasteiger partial charge in [0, 0.05) is 5.92 Å². The monoisotopic (exact) mass is 220 g/mol. The molecule has 86 valence electrons. The van der Waals surface area contributed by atoms with Crippen LogP contribution in [0.5, 0.6) is 0 Å². The van der Waals surface area contributed by atoms with Crippen LogP contribution in [0.2, 0.25) is 0 Å². The van der Waals surface area contributed by atoms with Crippen LogP contribution in [0.4, 0.5) is 0 Å². The molecule has 1 saturated carbocycles. The van der Waals surface area contributed by atoms with Crippen LogP contribution in [0.15, 0.2) is 12.2 Å². The van der Waals surface area contributed by atoms with E-state index in [0.717, 1.165) is 25.7 Å². The van der Waals surface area contributed by atoms with Gasteiger partial charge < -0.3 is 4.74 Å². The first-order valence-corrected chi connectivity index (χ1v) is 6.07. The molecule has 4 bridgehead atoms. The van der Waals surface area contributed by atoms with E-state index >= 15 is 0 Å². The van der Waals surface area contributed by atoms with Crippen molar-refractivity contribution in [1.82, 2.24) is 0 Å². The number of Topliss-reactive ketones (excluding diaryl/α,β-unsaturated/α-hetero) is 2. The first-order chi connectivity index (χ1) is 7.65. The minimum atomic E-state index is -0.914. The number of ketones is 2. The molecule has 4 atom stereocenters. The SMILES string of the molecule is CC(=O)[C@@]12C=C[C@H](O1)[C@H]1CCCC[C@H]2C1=O. The fourth-order valence-corrected chi connectivity index (χ4v) is 3.41. The molecule has 0 aromatic heterocycles. The number of rotatable bonds is 1. The summed E-state index contributed by atoms with van der Waals surface area (Å²) in [6.45, 7) is 1.53. The minimum absolute atomic E-state index is 0.00118. The van der Waals surface area contributed by atoms with Gasteiger partial charge in [-0.2, -0.15) is 0 Å². The number of fused-ring (bicyclic) bond motifs is 6. The molecule has 1 aliphatic carbocycles. The maximum atomic E-state index is 12.3. The van der Waals surface area contributed by atoms with E-state index in [9.17, 15) is 9.59 Å². The Morgan fingerprint density at radius 3 is 2.94 bits per heavy atom. The summed E-state index contributed by atoms with van der Waals surface area (Å²) in [6.07, 6.45) is 7.44. The molecule has 2 heterocycles. The van der Waals surface area contributed by atoms with E-state index in [2.05, 4.69) is 0 Å². The summed E-state index contributed by atoms with van der Waals surface area (Å²) in [5.41, 5.74) is -0.914. The minimum Gasteiger partial charge on any atom is -0.354 e. The second-order valence-electron chi connectivity index (χ2n) is 5.14. The van der Waals surface area contributed by atoms with Crippen molar-refractivity contribution in [2.75, 3.05) is 0 Å². The number of carbonyl (C=O) groups excluding carboxylic acids is 2. The number of carbonyl (C=O) groups is 2. The van der Waals surface area contributed by atoms with Crippen LogP contribution in [-0.2, 0) is 14.3 Å². The summed E-state index contributed by atoms with van der Waals surface area (Å²) in [6, 6.07) is 0. The highest BCUT2D eigenvalue weighted by Gasteiger charge is 2.57. The third kappa shape index (κ3) is 1.12. The van der Waals surface area contributed by atoms with Crippen molar-refractivity contribution < 1.29 is 14.3 Å². The van der Waals surface area contributed by atoms with E-state index in [1.54, 1.807) is 0 Å². The van der Waals surface area contributed by atoms with Crippen LogP contribution in [0.25, 0.3) is 0 Å². The zero-order chi connectivity index (χ0) is 11.3. The summed E-state index contributed by atoms with van der Waals surface area (Å²) in [4.78, 5) is 24.1. The summed E-state index contributed by atoms with van der Waals surface area (Å²) in [5, 5.41) is 0. The van der Waals surface area contributed by atoms with Gasteiger partial charge in [0.1, 0.15) is 5.78 Å². The molecule has 3 heteroatoms. The van der Waals surface area contributed by atoms with Gasteiger partial charge in [0.05, 0.1) is 12.0 Å². The molecule has 0 aromatic carbocycles. The van der Waals surface area contributed by atoms with Crippen molar-refractivity contribution in [2.45, 2.75) is 44.3 Å². The largest absolute Gasteiger partial charge is 0.354 e. The second-order valence-corrected chi connectivity index (χ2v) is 5.14. The van der Waals surface area contributed by atoms with Gasteiger partial charge in [-0.05, 0) is 25.8 Å². The van der Waals surface area contributed by atoms with Crippen LogP contribution < -0.4 is 0 Å². The molecule has 0 spiro atoms. The van der Waals surface area contributed by atoms with Crippen LogP contribution in [0.3, 0.4) is 0 Å². The molecular formula is C13H16O3. The van der Waals surface area contributed by atoms with Crippen LogP contribution in [0.1, 0.15) is 32.6 Å². The molecule has 3 rings (SSSR count). The lowest BCUT2D eigenvalue weighted by Crippen LogP contribution is -2.54. The third-order valence-electron chi connectivity index (χ3n) is 4.30. The third-order valence-corrected chi connectivity index (χ3v) is 4.30. The van der Waals surface area contributed by atoms with E-state index in [1.165, 1.54) is 6.92 Å². The molecule has 0 N–H and O–H groups in total. The summed E-state index contributed by atoms with van der Waals surface area (Å²) in [5.74, 6) is 0.00475. The lowest BCUT2D eigenvalue weighted by atomic mass is 9.75. The quantitative estimate of drug-likeness (QED) is 0.631. The standard InChI is InChI=1S/C13H16O3/c1-8(14)13-7-6-11(16-13)9-4-2-3-5-10(13)12(9)15/h6-7,9-11H,2-5H2,1H3/t9-,10+,11+,13-/m1/s1. The maximum absolute atomic E-state index is 12.3. The van der Waals surface area contributed by atoms with Crippen molar-refractivity contribution in [3.8, 4) is 0 Å². The highest BCUT2D eigenvalue weighted by atomic mass is 16.5. The average Bonchev–Trinajstić information content (AvgIpc) is 2.59. The van der Waals surface area contributed by atoms with E-state index < -0.39 is 5.60 Å². The zero-order valence-corrected chi connectivity index (χ0v) is 9.44. The van der Waals surface area contributed by atoms with Gasteiger partial charge in [0.25, 0.3) is 0 Å². The number of hydrogen-bond donors (Lipinski definition) is 0. The highest BCUT2D eigenvalue weighted by Crippen LogP contribution is 2.47. The van der Waals surface area contributed by atoms with Crippen molar-refractivity contribution in [1.29, 1.82) is 0 Å². The van der Waals surface area contributed by atoms with E-state index in [4.69, 9.17) is 4.74 Å². The smallest absolute Gasteiger partial charge is 0.166 e. The Balaban J connectivity index is 2.08. The number of ether oxygens (including phenoxy) is 1. The lowest BCUT2D eigenvalue weighted by Gasteiger charge is -2.40. The Labute approximate surface area is 94.8 Å². The van der Waals surface area contributed by atoms with Crippen LogP contribution in [0, 0.1) is 11.8 Å². The van der Waals surface area contributed by atoms with Gasteiger partial charge in [-0.15, -0.1) is 0 Å². The molecule has 3 aliphatic rings. The van der Waals surface area contributed by atoms with E-state index in [-0.39, 0.29) is 29.5 Å². The fraction of sp³-hybridized carbons (Fsp3) is 0.692. The zero-order valence-electron chi connectivity index (χ0n) is 9.44. The van der Waals surface area contributed by atoms with E-state index in [1.807, 2.05) is 12.2 Å². The van der Waals surface area contributed by atoms with Crippen molar-refractivity contribution in [3.05, 3.63) is 12.2 Å². The van der Waals surface area contributed by atoms with Gasteiger partial charge in [-0.3, -0.25) is 9.59 Å². The van der Waals surface area contributed by atoms with Gasteiger partial charge in [-0.25, -0.2) is 0 Å². The van der Waals surface area contributed by atoms with Crippen molar-refractivity contribution >= 4 is 11.6 Å². The molecule has 0 unspecified atom stereocenters. The molecule has 0 aromatic rings. The molecule has 1 saturated heterocycles. The summed E-state index contributed by atoms with van der Waals surface area (Å²) in [7, 11) is 0. The maximum Gasteiger partial charge on any atom is 0.166 e. The molecular weight excluding hydrogens is 204 g/mol. The highest BCUT2D eigenvalue weighted by molar-refractivity contribution is 5.98. The fourth-order valence-electron chi connectivity index (χ4n) is 3.41. The van der Waals surface area contributed by atoms with Gasteiger partial charge >= 0.3 is 0 Å². The molecule has 0 amide bonds. The molecule has 0 radical (unpaired) electrons. The average molecular weight is 220 g/mol. The predicted molar refractivity (Wildman–Crippen MR) is 57.9 cm³/mol. The Bertz CT molecular complexity index is 385. The van der Waals surface area contributed by atoms with Crippen LogP contribution in [-0.4, -0.2) is 23.3 Å². The second kappa shape index (κ2) is 3.27. The Kier molecular flexibility index (Phi) is 2.08. The molecule has 3 nitrogen and oxygen atoms in total. The predicted octanol–water partition coefficient (Wildman–Crippen LogP) is 1.66. The first kappa shape index (κ1) is 10.2. The van der Waals surface area contributed by atoms with Crippen LogP contribution >= 0.6 is 0 Å². The van der Waals surface area contributed by atoms with Gasteiger partial charge in [-0.1, -0.05) is 18.9 Å². The lowest BCUT2D eigenvalue weighted by molar-refractivity contribution is -0.170. The normalized spacial score (nSPS) is 45.6. The number of hydrogen-bond acceptors (Lipinski definition) is 3. The van der Waals surface area contributed by atoms with E-state index in [0.29, 0.717) is 0 Å². The molecule has 16 heavy (non-hydrogen) atoms. The molecule has 2 fully saturated rings. The Morgan fingerprint density at radius 1 is 1.44 bits per heavy atom. The Hall–Kier alpha value is -0.960. The summed E-state index contributed by atoms with van der Waals surface area (Å²) >= 11 is 0. The van der Waals surface area contributed by atoms with Gasteiger partial charge in [0.15, 0.2) is 11.4 Å². The first-order valence-electron chi connectivity index (χ1n) is 6.07.